The van der Waals surface area contributed by atoms with Crippen LogP contribution < -0.4 is 0 Å². The SMILES string of the molecule is CCCCCC/C=C\C=C/CCCCCCCC(=O)OC[C@H](COP(=O)(O)OC[C@@H](O)COP(=O)(O)OC[C@@H](COC(=O)CCCCCCC)OC(=O)CCCCCCCCCCCCCC)OC(=O)CCCCCCCCCCCCCCCCCCCCCC. The summed E-state index contributed by atoms with van der Waals surface area (Å²) in [6.07, 6.45) is 59.5. The fourth-order valence-corrected chi connectivity index (χ4v) is 12.3. The first-order valence-corrected chi connectivity index (χ1v) is 40.6. The molecule has 0 saturated carbocycles. The van der Waals surface area contributed by atoms with Crippen LogP contribution in [0, 0.1) is 0 Å². The van der Waals surface area contributed by atoms with E-state index in [4.69, 9.17) is 37.0 Å². The van der Waals surface area contributed by atoms with Crippen LogP contribution in [0.15, 0.2) is 24.3 Å². The zero-order valence-corrected chi connectivity index (χ0v) is 60.8. The number of esters is 4. The summed E-state index contributed by atoms with van der Waals surface area (Å²) < 4.78 is 68.1. The number of carbonyl (C=O) groups is 4. The van der Waals surface area contributed by atoms with Crippen LogP contribution in [-0.2, 0) is 65.4 Å². The molecule has 0 aromatic carbocycles. The summed E-state index contributed by atoms with van der Waals surface area (Å²) in [5.41, 5.74) is 0. The number of rotatable bonds is 72. The molecule has 17 nitrogen and oxygen atoms in total. The van der Waals surface area contributed by atoms with E-state index in [1.54, 1.807) is 0 Å². The minimum Gasteiger partial charge on any atom is -0.462 e. The van der Waals surface area contributed by atoms with Crippen molar-refractivity contribution in [1.29, 1.82) is 0 Å². The van der Waals surface area contributed by atoms with Crippen LogP contribution in [0.4, 0.5) is 0 Å². The zero-order valence-electron chi connectivity index (χ0n) is 59.0. The molecule has 0 radical (unpaired) electrons. The standard InChI is InChI=1S/C73H138O17P2/c1-5-9-13-17-20-23-26-29-31-32-33-34-35-37-39-42-45-48-52-56-60-73(78)90-69(64-84-71(76)58-54-50-46-43-41-38-36-30-27-24-21-18-14-10-6-2)66-88-92(81,82)86-62-67(74)61-85-91(79,80)87-65-68(63-83-70(75)57-53-49-16-12-8-4)89-72(77)59-55-51-47-44-40-28-25-22-19-15-11-7-3/h24,27,30,36,67-69,74H,5-23,25-26,28-29,31-35,37-66H2,1-4H3,(H,79,80)(H,81,82)/b27-24-,36-30-/t67-,68+,69+/m0/s1. The third kappa shape index (κ3) is 66.2. The highest BCUT2D eigenvalue weighted by Crippen LogP contribution is 2.45. The maximum atomic E-state index is 13.0. The van der Waals surface area contributed by atoms with E-state index in [2.05, 4.69) is 52.0 Å². The van der Waals surface area contributed by atoms with Gasteiger partial charge in [0.05, 0.1) is 26.4 Å². The zero-order chi connectivity index (χ0) is 67.5. The minimum atomic E-state index is -4.96. The van der Waals surface area contributed by atoms with Crippen LogP contribution in [0.25, 0.3) is 0 Å². The van der Waals surface area contributed by atoms with Crippen LogP contribution in [0.3, 0.4) is 0 Å². The first kappa shape index (κ1) is 89.5. The van der Waals surface area contributed by atoms with Gasteiger partial charge in [0.15, 0.2) is 12.2 Å². The van der Waals surface area contributed by atoms with Gasteiger partial charge in [-0.25, -0.2) is 9.13 Å². The summed E-state index contributed by atoms with van der Waals surface area (Å²) in [4.78, 5) is 72.3. The van der Waals surface area contributed by atoms with Gasteiger partial charge in [0, 0.05) is 25.7 Å². The summed E-state index contributed by atoms with van der Waals surface area (Å²) in [6, 6.07) is 0. The van der Waals surface area contributed by atoms with Crippen molar-refractivity contribution < 1.29 is 80.2 Å². The van der Waals surface area contributed by atoms with Crippen molar-refractivity contribution in [1.82, 2.24) is 0 Å². The van der Waals surface area contributed by atoms with Gasteiger partial charge in [-0.15, -0.1) is 0 Å². The molecule has 0 spiro atoms. The smallest absolute Gasteiger partial charge is 0.462 e. The predicted molar refractivity (Wildman–Crippen MR) is 372 cm³/mol. The molecule has 2 unspecified atom stereocenters. The number of hydrogen-bond acceptors (Lipinski definition) is 15. The highest BCUT2D eigenvalue weighted by atomic mass is 31.2. The second-order valence-corrected chi connectivity index (χ2v) is 28.6. The Morgan fingerprint density at radius 3 is 0.793 bits per heavy atom. The van der Waals surface area contributed by atoms with Gasteiger partial charge in [-0.05, 0) is 51.4 Å². The molecule has 0 aliphatic carbocycles. The second kappa shape index (κ2) is 67.1. The third-order valence-electron chi connectivity index (χ3n) is 16.5. The molecule has 0 amide bonds. The van der Waals surface area contributed by atoms with Gasteiger partial charge in [-0.2, -0.15) is 0 Å². The van der Waals surface area contributed by atoms with Crippen molar-refractivity contribution in [2.75, 3.05) is 39.6 Å². The van der Waals surface area contributed by atoms with E-state index in [1.165, 1.54) is 167 Å². The van der Waals surface area contributed by atoms with Crippen LogP contribution in [0.1, 0.15) is 362 Å². The van der Waals surface area contributed by atoms with Gasteiger partial charge >= 0.3 is 39.5 Å². The molecule has 0 heterocycles. The number of allylic oxidation sites excluding steroid dienone is 4. The molecule has 0 aliphatic heterocycles. The summed E-state index contributed by atoms with van der Waals surface area (Å²) in [6.45, 7) is 4.81. The van der Waals surface area contributed by atoms with Crippen LogP contribution >= 0.6 is 15.6 Å². The van der Waals surface area contributed by atoms with Crippen LogP contribution in [0.2, 0.25) is 0 Å². The Morgan fingerprint density at radius 1 is 0.304 bits per heavy atom. The summed E-state index contributed by atoms with van der Waals surface area (Å²) in [5, 5.41) is 10.6. The molecule has 92 heavy (non-hydrogen) atoms. The molecule has 0 aromatic heterocycles. The van der Waals surface area contributed by atoms with Gasteiger partial charge in [0.2, 0.25) is 0 Å². The predicted octanol–water partition coefficient (Wildman–Crippen LogP) is 21.0. The fraction of sp³-hybridized carbons (Fsp3) is 0.890. The quantitative estimate of drug-likeness (QED) is 0.0169. The molecule has 0 saturated heterocycles. The maximum Gasteiger partial charge on any atom is 0.472 e. The number of aliphatic hydroxyl groups is 1. The Labute approximate surface area is 561 Å². The van der Waals surface area contributed by atoms with E-state index >= 15 is 0 Å². The Bertz CT molecular complexity index is 1850. The lowest BCUT2D eigenvalue weighted by molar-refractivity contribution is -0.161. The topological polar surface area (TPSA) is 237 Å². The lowest BCUT2D eigenvalue weighted by Gasteiger charge is -2.21. The maximum absolute atomic E-state index is 13.0. The van der Waals surface area contributed by atoms with Gasteiger partial charge in [-0.3, -0.25) is 37.3 Å². The highest BCUT2D eigenvalue weighted by Gasteiger charge is 2.30. The lowest BCUT2D eigenvalue weighted by Crippen LogP contribution is -2.30. The molecule has 542 valence electrons. The third-order valence-corrected chi connectivity index (χ3v) is 18.4. The monoisotopic (exact) mass is 1350 g/mol. The molecule has 0 aromatic rings. The largest absolute Gasteiger partial charge is 0.472 e. The van der Waals surface area contributed by atoms with Crippen molar-refractivity contribution in [2.24, 2.45) is 0 Å². The van der Waals surface area contributed by atoms with Crippen LogP contribution in [-0.4, -0.2) is 96.7 Å². The number of ether oxygens (including phenoxy) is 4. The summed E-state index contributed by atoms with van der Waals surface area (Å²) in [7, 11) is -9.90. The number of carbonyl (C=O) groups excluding carboxylic acids is 4. The van der Waals surface area contributed by atoms with E-state index in [-0.39, 0.29) is 25.7 Å². The molecule has 0 fully saturated rings. The minimum absolute atomic E-state index is 0.102. The van der Waals surface area contributed by atoms with E-state index in [0.717, 1.165) is 116 Å². The van der Waals surface area contributed by atoms with Gasteiger partial charge in [-0.1, -0.05) is 309 Å². The highest BCUT2D eigenvalue weighted by molar-refractivity contribution is 7.47. The Kier molecular flexibility index (Phi) is 65.3. The molecular formula is C73H138O17P2. The van der Waals surface area contributed by atoms with Crippen molar-refractivity contribution in [3.8, 4) is 0 Å². The summed E-state index contributed by atoms with van der Waals surface area (Å²) in [5.74, 6) is -2.16. The van der Waals surface area contributed by atoms with E-state index in [1.807, 2.05) is 0 Å². The second-order valence-electron chi connectivity index (χ2n) is 25.6. The Hall–Kier alpha value is -2.46. The lowest BCUT2D eigenvalue weighted by atomic mass is 10.0. The molecular weight excluding hydrogens is 1210 g/mol. The van der Waals surface area contributed by atoms with Gasteiger partial charge in [0.1, 0.15) is 19.3 Å². The van der Waals surface area contributed by atoms with Gasteiger partial charge in [0.25, 0.3) is 0 Å². The van der Waals surface area contributed by atoms with E-state index in [9.17, 15) is 43.2 Å². The van der Waals surface area contributed by atoms with Gasteiger partial charge < -0.3 is 33.8 Å². The van der Waals surface area contributed by atoms with E-state index in [0.29, 0.717) is 25.7 Å². The molecule has 0 rings (SSSR count). The molecule has 0 bridgehead atoms. The number of aliphatic hydroxyl groups excluding tert-OH is 1. The Balaban J connectivity index is 5.16. The number of phosphoric ester groups is 2. The van der Waals surface area contributed by atoms with Crippen LogP contribution in [0.5, 0.6) is 0 Å². The number of hydrogen-bond donors (Lipinski definition) is 3. The Morgan fingerprint density at radius 2 is 0.522 bits per heavy atom. The summed E-state index contributed by atoms with van der Waals surface area (Å²) >= 11 is 0. The average Bonchev–Trinajstić information content (AvgIpc) is 3.12. The first-order chi connectivity index (χ1) is 44.7. The molecule has 5 atom stereocenters. The average molecular weight is 1350 g/mol. The van der Waals surface area contributed by atoms with Crippen molar-refractivity contribution in [2.45, 2.75) is 380 Å². The molecule has 3 N–H and O–H groups in total. The first-order valence-electron chi connectivity index (χ1n) is 37.6. The normalized spacial score (nSPS) is 14.1. The molecule has 19 heteroatoms. The fourth-order valence-electron chi connectivity index (χ4n) is 10.7. The van der Waals surface area contributed by atoms with Crippen molar-refractivity contribution >= 4 is 39.5 Å². The van der Waals surface area contributed by atoms with E-state index < -0.39 is 97.5 Å². The molecule has 0 aliphatic rings. The number of phosphoric acid groups is 2. The van der Waals surface area contributed by atoms with Crippen molar-refractivity contribution in [3.63, 3.8) is 0 Å². The number of unbranched alkanes of at least 4 members (excludes halogenated alkanes) is 43. The van der Waals surface area contributed by atoms with Crippen molar-refractivity contribution in [3.05, 3.63) is 24.3 Å².